The van der Waals surface area contributed by atoms with Crippen molar-refractivity contribution in [3.8, 4) is 0 Å². The number of rotatable bonds is 4. The van der Waals surface area contributed by atoms with Crippen molar-refractivity contribution in [3.63, 3.8) is 0 Å². The van der Waals surface area contributed by atoms with Crippen molar-refractivity contribution in [1.29, 1.82) is 0 Å². The average molecular weight is 195 g/mol. The smallest absolute Gasteiger partial charge is 0.127 e. The third kappa shape index (κ3) is 2.68. The minimum atomic E-state index is -0.483. The lowest BCUT2D eigenvalue weighted by Gasteiger charge is -2.13. The Labute approximate surface area is 84.6 Å². The van der Waals surface area contributed by atoms with Crippen LogP contribution in [0.1, 0.15) is 11.7 Å². The molecule has 0 radical (unpaired) electrons. The van der Waals surface area contributed by atoms with Gasteiger partial charge in [0.15, 0.2) is 0 Å². The first-order valence-corrected chi connectivity index (χ1v) is 4.61. The van der Waals surface area contributed by atoms with E-state index in [1.807, 2.05) is 38.2 Å². The molecule has 4 heteroatoms. The Morgan fingerprint density at radius 2 is 2.21 bits per heavy atom. The van der Waals surface area contributed by atoms with Gasteiger partial charge in [0.05, 0.1) is 6.10 Å². The number of aromatic nitrogens is 1. The van der Waals surface area contributed by atoms with Crippen LogP contribution in [-0.4, -0.2) is 37.8 Å². The highest BCUT2D eigenvalue weighted by Gasteiger charge is 2.06. The molecule has 78 valence electrons. The molecular weight excluding hydrogens is 178 g/mol. The van der Waals surface area contributed by atoms with Crippen LogP contribution < -0.4 is 10.2 Å². The van der Waals surface area contributed by atoms with Gasteiger partial charge in [0.1, 0.15) is 5.82 Å². The Bertz CT molecular complexity index is 271. The summed E-state index contributed by atoms with van der Waals surface area (Å²) in [6.07, 6.45) is 1.22. The van der Waals surface area contributed by atoms with Crippen molar-refractivity contribution in [2.24, 2.45) is 0 Å². The van der Waals surface area contributed by atoms with E-state index < -0.39 is 6.10 Å². The minimum absolute atomic E-state index is 0.483. The molecule has 0 aromatic carbocycles. The van der Waals surface area contributed by atoms with Crippen LogP contribution in [0.4, 0.5) is 5.82 Å². The summed E-state index contributed by atoms with van der Waals surface area (Å²) in [6, 6.07) is 3.79. The van der Waals surface area contributed by atoms with Gasteiger partial charge in [0, 0.05) is 32.4 Å². The molecule has 0 bridgehead atoms. The average Bonchev–Trinajstić information content (AvgIpc) is 2.18. The van der Waals surface area contributed by atoms with Gasteiger partial charge in [-0.1, -0.05) is 6.07 Å². The number of hydrogen-bond donors (Lipinski definition) is 2. The van der Waals surface area contributed by atoms with Crippen LogP contribution in [0.15, 0.2) is 18.3 Å². The number of nitrogens with one attached hydrogen (secondary N) is 1. The van der Waals surface area contributed by atoms with Gasteiger partial charge in [0.2, 0.25) is 0 Å². The number of aliphatic hydroxyl groups excluding tert-OH is 1. The maximum Gasteiger partial charge on any atom is 0.127 e. The molecule has 0 saturated carbocycles. The fraction of sp³-hybridized carbons (Fsp3) is 0.500. The Morgan fingerprint density at radius 1 is 1.50 bits per heavy atom. The predicted octanol–water partition coefficient (Wildman–Crippen LogP) is 0.400. The summed E-state index contributed by atoms with van der Waals surface area (Å²) in [6.45, 7) is 0.545. The van der Waals surface area contributed by atoms with Gasteiger partial charge in [-0.05, 0) is 13.1 Å². The van der Waals surface area contributed by atoms with Gasteiger partial charge < -0.3 is 15.3 Å². The Kier molecular flexibility index (Phi) is 3.85. The standard InChI is InChI=1S/C10H17N3O/c1-11-7-9(14)8-4-5-10(12-6-8)13(2)3/h4-6,9,11,14H,7H2,1-3H3. The van der Waals surface area contributed by atoms with E-state index in [9.17, 15) is 5.11 Å². The van der Waals surface area contributed by atoms with E-state index in [2.05, 4.69) is 10.3 Å². The molecular formula is C10H17N3O. The molecule has 0 spiro atoms. The molecule has 14 heavy (non-hydrogen) atoms. The number of nitrogens with zero attached hydrogens (tertiary/aromatic N) is 2. The summed E-state index contributed by atoms with van der Waals surface area (Å²) in [5, 5.41) is 12.5. The summed E-state index contributed by atoms with van der Waals surface area (Å²) < 4.78 is 0. The zero-order chi connectivity index (χ0) is 10.6. The predicted molar refractivity (Wildman–Crippen MR) is 57.5 cm³/mol. The second-order valence-electron chi connectivity index (χ2n) is 3.42. The lowest BCUT2D eigenvalue weighted by molar-refractivity contribution is 0.177. The summed E-state index contributed by atoms with van der Waals surface area (Å²) in [5.41, 5.74) is 0.838. The SMILES string of the molecule is CNCC(O)c1ccc(N(C)C)nc1. The topological polar surface area (TPSA) is 48.4 Å². The number of aliphatic hydroxyl groups is 1. The number of anilines is 1. The van der Waals surface area contributed by atoms with Crippen molar-refractivity contribution in [3.05, 3.63) is 23.9 Å². The molecule has 0 amide bonds. The van der Waals surface area contributed by atoms with Crippen LogP contribution in [0.25, 0.3) is 0 Å². The molecule has 1 unspecified atom stereocenters. The fourth-order valence-corrected chi connectivity index (χ4v) is 1.17. The van der Waals surface area contributed by atoms with Crippen molar-refractivity contribution < 1.29 is 5.11 Å². The van der Waals surface area contributed by atoms with Crippen LogP contribution in [-0.2, 0) is 0 Å². The first-order valence-electron chi connectivity index (χ1n) is 4.61. The lowest BCUT2D eigenvalue weighted by atomic mass is 10.1. The summed E-state index contributed by atoms with van der Waals surface area (Å²) in [7, 11) is 5.68. The monoisotopic (exact) mass is 195 g/mol. The molecule has 0 aliphatic rings. The first kappa shape index (κ1) is 10.9. The summed E-state index contributed by atoms with van der Waals surface area (Å²) in [4.78, 5) is 6.14. The molecule has 1 rings (SSSR count). The van der Waals surface area contributed by atoms with E-state index in [-0.39, 0.29) is 0 Å². The van der Waals surface area contributed by atoms with Crippen molar-refractivity contribution >= 4 is 5.82 Å². The molecule has 0 fully saturated rings. The first-order chi connectivity index (χ1) is 6.65. The molecule has 1 aromatic rings. The van der Waals surface area contributed by atoms with Gasteiger partial charge in [-0.25, -0.2) is 4.98 Å². The molecule has 1 atom stereocenters. The molecule has 1 heterocycles. The largest absolute Gasteiger partial charge is 0.387 e. The van der Waals surface area contributed by atoms with Crippen LogP contribution in [0.3, 0.4) is 0 Å². The maximum absolute atomic E-state index is 9.63. The third-order valence-corrected chi connectivity index (χ3v) is 2.01. The highest BCUT2D eigenvalue weighted by Crippen LogP contribution is 2.13. The van der Waals surface area contributed by atoms with Crippen LogP contribution in [0.5, 0.6) is 0 Å². The van der Waals surface area contributed by atoms with Gasteiger partial charge >= 0.3 is 0 Å². The second-order valence-corrected chi connectivity index (χ2v) is 3.42. The number of pyridine rings is 1. The van der Waals surface area contributed by atoms with Crippen molar-refractivity contribution in [2.75, 3.05) is 32.6 Å². The molecule has 0 saturated heterocycles. The van der Waals surface area contributed by atoms with E-state index in [1.54, 1.807) is 6.20 Å². The highest BCUT2D eigenvalue weighted by atomic mass is 16.3. The Morgan fingerprint density at radius 3 is 2.64 bits per heavy atom. The van der Waals surface area contributed by atoms with Crippen LogP contribution in [0, 0.1) is 0 Å². The molecule has 1 aromatic heterocycles. The van der Waals surface area contributed by atoms with Gasteiger partial charge in [-0.3, -0.25) is 0 Å². The van der Waals surface area contributed by atoms with Gasteiger partial charge in [0.25, 0.3) is 0 Å². The van der Waals surface area contributed by atoms with Gasteiger partial charge in [-0.15, -0.1) is 0 Å². The van der Waals surface area contributed by atoms with Gasteiger partial charge in [-0.2, -0.15) is 0 Å². The Balaban J connectivity index is 2.72. The zero-order valence-electron chi connectivity index (χ0n) is 8.86. The molecule has 2 N–H and O–H groups in total. The summed E-state index contributed by atoms with van der Waals surface area (Å²) >= 11 is 0. The molecule has 4 nitrogen and oxygen atoms in total. The van der Waals surface area contributed by atoms with E-state index in [0.29, 0.717) is 6.54 Å². The minimum Gasteiger partial charge on any atom is -0.387 e. The maximum atomic E-state index is 9.63. The normalized spacial score (nSPS) is 12.6. The highest BCUT2D eigenvalue weighted by molar-refractivity contribution is 5.37. The quantitative estimate of drug-likeness (QED) is 0.730. The number of hydrogen-bond acceptors (Lipinski definition) is 4. The Hall–Kier alpha value is -1.13. The van der Waals surface area contributed by atoms with E-state index >= 15 is 0 Å². The van der Waals surface area contributed by atoms with E-state index in [1.165, 1.54) is 0 Å². The summed E-state index contributed by atoms with van der Waals surface area (Å²) in [5.74, 6) is 0.894. The molecule has 0 aliphatic heterocycles. The van der Waals surface area contributed by atoms with Crippen LogP contribution in [0.2, 0.25) is 0 Å². The second kappa shape index (κ2) is 4.93. The van der Waals surface area contributed by atoms with E-state index in [0.717, 1.165) is 11.4 Å². The van der Waals surface area contributed by atoms with Crippen molar-refractivity contribution in [1.82, 2.24) is 10.3 Å². The zero-order valence-corrected chi connectivity index (χ0v) is 8.86. The lowest BCUT2D eigenvalue weighted by Crippen LogP contribution is -2.17. The fourth-order valence-electron chi connectivity index (χ4n) is 1.17. The van der Waals surface area contributed by atoms with Crippen molar-refractivity contribution in [2.45, 2.75) is 6.10 Å². The third-order valence-electron chi connectivity index (χ3n) is 2.01. The van der Waals surface area contributed by atoms with Crippen LogP contribution >= 0.6 is 0 Å². The molecule has 0 aliphatic carbocycles. The van der Waals surface area contributed by atoms with E-state index in [4.69, 9.17) is 0 Å². The number of likely N-dealkylation sites (N-methyl/N-ethyl adjacent to an activating group) is 1.